The fourth-order valence-electron chi connectivity index (χ4n) is 3.96. The Kier molecular flexibility index (Phi) is 5.46. The molecular formula is C20H26N2O2S. The molecule has 2 aliphatic heterocycles. The summed E-state index contributed by atoms with van der Waals surface area (Å²) in [7, 11) is 0. The molecule has 0 aromatic carbocycles. The lowest BCUT2D eigenvalue weighted by Crippen LogP contribution is -2.40. The van der Waals surface area contributed by atoms with Crippen molar-refractivity contribution in [2.75, 3.05) is 26.3 Å². The van der Waals surface area contributed by atoms with Crippen molar-refractivity contribution in [2.24, 2.45) is 5.41 Å². The minimum Gasteiger partial charge on any atom is -0.375 e. The van der Waals surface area contributed by atoms with Crippen LogP contribution in [0, 0.1) is 5.41 Å². The van der Waals surface area contributed by atoms with Gasteiger partial charge in [-0.3, -0.25) is 9.88 Å². The largest absolute Gasteiger partial charge is 0.375 e. The van der Waals surface area contributed by atoms with Crippen molar-refractivity contribution in [3.63, 3.8) is 0 Å². The van der Waals surface area contributed by atoms with Gasteiger partial charge >= 0.3 is 0 Å². The second-order valence-corrected chi connectivity index (χ2v) is 8.20. The first-order valence-corrected chi connectivity index (χ1v) is 10.1. The normalized spacial score (nSPS) is 23.3. The molecule has 0 N–H and O–H groups in total. The standard InChI is InChI=1S/C20H26N2O2S/c1-6-21-7-2-17(1)13-23-14-19-11-20(16-24-19)4-8-22(9-5-20)12-18-3-10-25-15-18/h1-3,6-7,10,15,19H,4-5,8-9,11-14,16H2/t19-/m1/s1. The number of thiophene rings is 1. The third-order valence-corrected chi connectivity index (χ3v) is 6.24. The molecule has 2 aromatic rings. The second kappa shape index (κ2) is 7.96. The van der Waals surface area contributed by atoms with Gasteiger partial charge in [0.15, 0.2) is 0 Å². The smallest absolute Gasteiger partial charge is 0.0815 e. The Labute approximate surface area is 153 Å². The summed E-state index contributed by atoms with van der Waals surface area (Å²) in [5.74, 6) is 0. The molecule has 0 radical (unpaired) electrons. The first-order valence-electron chi connectivity index (χ1n) is 9.13. The third-order valence-electron chi connectivity index (χ3n) is 5.51. The van der Waals surface area contributed by atoms with Crippen LogP contribution in [0.3, 0.4) is 0 Å². The van der Waals surface area contributed by atoms with Crippen molar-refractivity contribution in [2.45, 2.75) is 38.5 Å². The molecule has 25 heavy (non-hydrogen) atoms. The van der Waals surface area contributed by atoms with Crippen LogP contribution in [0.1, 0.15) is 30.4 Å². The van der Waals surface area contributed by atoms with Crippen LogP contribution in [0.5, 0.6) is 0 Å². The van der Waals surface area contributed by atoms with Gasteiger partial charge in [0, 0.05) is 18.9 Å². The van der Waals surface area contributed by atoms with Crippen molar-refractivity contribution >= 4 is 11.3 Å². The minimum absolute atomic E-state index is 0.255. The van der Waals surface area contributed by atoms with Crippen LogP contribution in [-0.2, 0) is 22.6 Å². The summed E-state index contributed by atoms with van der Waals surface area (Å²) >= 11 is 1.79. The first kappa shape index (κ1) is 17.2. The molecule has 4 heterocycles. The maximum Gasteiger partial charge on any atom is 0.0815 e. The van der Waals surface area contributed by atoms with E-state index in [-0.39, 0.29) is 6.10 Å². The van der Waals surface area contributed by atoms with Gasteiger partial charge in [-0.2, -0.15) is 11.3 Å². The highest BCUT2D eigenvalue weighted by Gasteiger charge is 2.42. The maximum atomic E-state index is 6.07. The Bertz CT molecular complexity index is 639. The molecule has 0 amide bonds. The number of ether oxygens (including phenoxy) is 2. The van der Waals surface area contributed by atoms with Crippen LogP contribution in [0.2, 0.25) is 0 Å². The summed E-state index contributed by atoms with van der Waals surface area (Å²) in [4.78, 5) is 6.62. The summed E-state index contributed by atoms with van der Waals surface area (Å²) in [6.07, 6.45) is 7.52. The van der Waals surface area contributed by atoms with E-state index in [0.29, 0.717) is 18.6 Å². The molecule has 134 valence electrons. The Hall–Kier alpha value is -1.27. The van der Waals surface area contributed by atoms with E-state index in [1.165, 1.54) is 37.1 Å². The Balaban J connectivity index is 1.20. The Morgan fingerprint density at radius 3 is 2.80 bits per heavy atom. The van der Waals surface area contributed by atoms with Gasteiger partial charge in [-0.25, -0.2) is 0 Å². The van der Waals surface area contributed by atoms with Gasteiger partial charge in [0.1, 0.15) is 0 Å². The zero-order valence-electron chi connectivity index (χ0n) is 14.6. The van der Waals surface area contributed by atoms with Crippen LogP contribution < -0.4 is 0 Å². The van der Waals surface area contributed by atoms with Crippen LogP contribution in [0.4, 0.5) is 0 Å². The average molecular weight is 359 g/mol. The van der Waals surface area contributed by atoms with E-state index in [1.807, 2.05) is 24.5 Å². The fourth-order valence-corrected chi connectivity index (χ4v) is 4.62. The van der Waals surface area contributed by atoms with Crippen LogP contribution >= 0.6 is 11.3 Å². The highest BCUT2D eigenvalue weighted by atomic mass is 32.1. The van der Waals surface area contributed by atoms with Gasteiger partial charge in [-0.05, 0) is 77.9 Å². The highest BCUT2D eigenvalue weighted by molar-refractivity contribution is 7.07. The number of aromatic nitrogens is 1. The molecule has 1 atom stereocenters. The number of pyridine rings is 1. The first-order chi connectivity index (χ1) is 12.3. The molecule has 2 aliphatic rings. The van der Waals surface area contributed by atoms with Crippen molar-refractivity contribution in [3.8, 4) is 0 Å². The summed E-state index contributed by atoms with van der Waals surface area (Å²) in [5, 5.41) is 4.43. The molecule has 5 heteroatoms. The summed E-state index contributed by atoms with van der Waals surface area (Å²) in [6.45, 7) is 5.71. The predicted octanol–water partition coefficient (Wildman–Crippen LogP) is 3.73. The van der Waals surface area contributed by atoms with Crippen LogP contribution in [0.25, 0.3) is 0 Å². The lowest BCUT2D eigenvalue weighted by atomic mass is 9.76. The summed E-state index contributed by atoms with van der Waals surface area (Å²) in [5.41, 5.74) is 3.01. The van der Waals surface area contributed by atoms with E-state index in [0.717, 1.165) is 19.6 Å². The third kappa shape index (κ3) is 4.47. The topological polar surface area (TPSA) is 34.6 Å². The maximum absolute atomic E-state index is 6.07. The molecule has 0 bridgehead atoms. The Morgan fingerprint density at radius 1 is 1.20 bits per heavy atom. The molecule has 4 nitrogen and oxygen atoms in total. The summed E-state index contributed by atoms with van der Waals surface area (Å²) in [6, 6.07) is 6.24. The Morgan fingerprint density at radius 2 is 2.04 bits per heavy atom. The monoisotopic (exact) mass is 358 g/mol. The molecule has 0 aliphatic carbocycles. The van der Waals surface area contributed by atoms with E-state index in [2.05, 4.69) is 26.7 Å². The minimum atomic E-state index is 0.255. The van der Waals surface area contributed by atoms with E-state index >= 15 is 0 Å². The SMILES string of the molecule is c1cc(COC[C@H]2CC3(CCN(Cc4ccsc4)CC3)CO2)ccn1. The van der Waals surface area contributed by atoms with Gasteiger partial charge in [-0.1, -0.05) is 0 Å². The van der Waals surface area contributed by atoms with Crippen LogP contribution in [-0.4, -0.2) is 42.3 Å². The number of hydrogen-bond acceptors (Lipinski definition) is 5. The highest BCUT2D eigenvalue weighted by Crippen LogP contribution is 2.42. The van der Waals surface area contributed by atoms with Crippen molar-refractivity contribution < 1.29 is 9.47 Å². The number of piperidine rings is 1. The lowest BCUT2D eigenvalue weighted by Gasteiger charge is -2.38. The van der Waals surface area contributed by atoms with E-state index in [9.17, 15) is 0 Å². The quantitative estimate of drug-likeness (QED) is 0.788. The average Bonchev–Trinajstić information content (AvgIpc) is 3.29. The van der Waals surface area contributed by atoms with Gasteiger partial charge < -0.3 is 9.47 Å². The van der Waals surface area contributed by atoms with Gasteiger partial charge in [-0.15, -0.1) is 0 Å². The predicted molar refractivity (Wildman–Crippen MR) is 99.5 cm³/mol. The van der Waals surface area contributed by atoms with Crippen LogP contribution in [0.15, 0.2) is 41.4 Å². The molecule has 2 aromatic heterocycles. The molecule has 0 saturated carbocycles. The molecule has 2 fully saturated rings. The molecular weight excluding hydrogens is 332 g/mol. The number of likely N-dealkylation sites (tertiary alicyclic amines) is 1. The summed E-state index contributed by atoms with van der Waals surface area (Å²) < 4.78 is 11.9. The van der Waals surface area contributed by atoms with E-state index in [1.54, 1.807) is 11.3 Å². The zero-order chi connectivity index (χ0) is 17.0. The van der Waals surface area contributed by atoms with E-state index in [4.69, 9.17) is 9.47 Å². The van der Waals surface area contributed by atoms with Crippen molar-refractivity contribution in [1.82, 2.24) is 9.88 Å². The number of rotatable bonds is 6. The van der Waals surface area contributed by atoms with E-state index < -0.39 is 0 Å². The molecule has 0 unspecified atom stereocenters. The number of nitrogens with zero attached hydrogens (tertiary/aromatic N) is 2. The molecule has 2 saturated heterocycles. The molecule has 1 spiro atoms. The lowest BCUT2D eigenvalue weighted by molar-refractivity contribution is 0.00633. The van der Waals surface area contributed by atoms with Crippen molar-refractivity contribution in [1.29, 1.82) is 0 Å². The van der Waals surface area contributed by atoms with Gasteiger partial charge in [0.2, 0.25) is 0 Å². The fraction of sp³-hybridized carbons (Fsp3) is 0.550. The zero-order valence-corrected chi connectivity index (χ0v) is 15.4. The second-order valence-electron chi connectivity index (χ2n) is 7.42. The van der Waals surface area contributed by atoms with Gasteiger partial charge in [0.25, 0.3) is 0 Å². The van der Waals surface area contributed by atoms with Crippen molar-refractivity contribution in [3.05, 3.63) is 52.5 Å². The number of hydrogen-bond donors (Lipinski definition) is 0. The molecule has 4 rings (SSSR count). The van der Waals surface area contributed by atoms with Gasteiger partial charge in [0.05, 0.1) is 25.9 Å².